The third-order valence-corrected chi connectivity index (χ3v) is 3.03. The van der Waals surface area contributed by atoms with E-state index < -0.39 is 5.97 Å². The Morgan fingerprint density at radius 3 is 1.90 bits per heavy atom. The van der Waals surface area contributed by atoms with Crippen molar-refractivity contribution in [1.82, 2.24) is 0 Å². The van der Waals surface area contributed by atoms with Crippen LogP contribution in [-0.2, 0) is 11.2 Å². The van der Waals surface area contributed by atoms with Crippen LogP contribution >= 0.6 is 12.2 Å². The Hall–Kier alpha value is -1.42. The van der Waals surface area contributed by atoms with Gasteiger partial charge in [-0.15, -0.1) is 0 Å². The minimum atomic E-state index is -0.745. The Labute approximate surface area is 134 Å². The molecule has 0 aromatic heterocycles. The summed E-state index contributed by atoms with van der Waals surface area (Å²) in [7, 11) is 0. The molecule has 0 atom stereocenters. The predicted octanol–water partition coefficient (Wildman–Crippen LogP) is 5.15. The van der Waals surface area contributed by atoms with E-state index in [1.165, 1.54) is 5.56 Å². The van der Waals surface area contributed by atoms with Crippen molar-refractivity contribution in [2.75, 3.05) is 5.32 Å². The summed E-state index contributed by atoms with van der Waals surface area (Å²) >= 11 is 5.21. The Kier molecular flexibility index (Phi) is 14.1. The van der Waals surface area contributed by atoms with Gasteiger partial charge in [0.05, 0.1) is 4.99 Å². The van der Waals surface area contributed by atoms with Gasteiger partial charge in [-0.1, -0.05) is 65.9 Å². The summed E-state index contributed by atoms with van der Waals surface area (Å²) in [6.07, 6.45) is 1.30. The van der Waals surface area contributed by atoms with Crippen LogP contribution in [0.1, 0.15) is 53.5 Å². The maximum atomic E-state index is 9.37. The van der Waals surface area contributed by atoms with Crippen LogP contribution in [0.25, 0.3) is 0 Å². The molecule has 1 aromatic carbocycles. The van der Waals surface area contributed by atoms with E-state index in [2.05, 4.69) is 50.4 Å². The Bertz CT molecular complexity index is 400. The van der Waals surface area contributed by atoms with E-state index in [4.69, 9.17) is 17.3 Å². The number of hydrogen-bond donors (Lipinski definition) is 2. The summed E-state index contributed by atoms with van der Waals surface area (Å²) in [5.74, 6) is -0.346. The number of benzene rings is 1. The van der Waals surface area contributed by atoms with Crippen LogP contribution in [0.4, 0.5) is 5.69 Å². The number of aliphatic carboxylic acids is 1. The normalized spacial score (nSPS) is 8.90. The third-order valence-electron chi connectivity index (χ3n) is 2.46. The number of aryl methyl sites for hydroxylation is 1. The van der Waals surface area contributed by atoms with Crippen molar-refractivity contribution in [2.24, 2.45) is 5.92 Å². The second-order valence-corrected chi connectivity index (χ2v) is 4.88. The molecule has 120 valence electrons. The average molecular weight is 311 g/mol. The van der Waals surface area contributed by atoms with Crippen molar-refractivity contribution >= 4 is 28.9 Å². The van der Waals surface area contributed by atoms with Crippen molar-refractivity contribution in [3.63, 3.8) is 0 Å². The Morgan fingerprint density at radius 1 is 1.19 bits per heavy atom. The molecule has 0 heterocycles. The zero-order valence-electron chi connectivity index (χ0n) is 14.1. The molecular weight excluding hydrogens is 282 g/mol. The van der Waals surface area contributed by atoms with Crippen molar-refractivity contribution in [2.45, 2.75) is 54.4 Å². The van der Waals surface area contributed by atoms with E-state index in [0.29, 0.717) is 5.92 Å². The molecular formula is C17H29NO2S. The molecule has 0 amide bonds. The van der Waals surface area contributed by atoms with Crippen LogP contribution in [-0.4, -0.2) is 16.1 Å². The number of carboxylic acid groups (broad SMARTS) is 1. The monoisotopic (exact) mass is 311 g/mol. The fourth-order valence-electron chi connectivity index (χ4n) is 1.11. The first-order chi connectivity index (χ1) is 9.90. The molecule has 0 unspecified atom stereocenters. The lowest BCUT2D eigenvalue weighted by Gasteiger charge is -2.10. The molecule has 0 fully saturated rings. The van der Waals surface area contributed by atoms with Gasteiger partial charge in [0.1, 0.15) is 0 Å². The number of carbonyl (C=O) groups is 1. The van der Waals surface area contributed by atoms with E-state index in [0.717, 1.165) is 17.1 Å². The number of thiocarbonyl (C=S) groups is 1. The van der Waals surface area contributed by atoms with E-state index >= 15 is 0 Å². The Balaban J connectivity index is 0. The topological polar surface area (TPSA) is 49.3 Å². The van der Waals surface area contributed by atoms with Gasteiger partial charge < -0.3 is 10.4 Å². The van der Waals surface area contributed by atoms with Gasteiger partial charge >= 0.3 is 5.97 Å². The van der Waals surface area contributed by atoms with Crippen molar-refractivity contribution < 1.29 is 9.90 Å². The van der Waals surface area contributed by atoms with E-state index in [9.17, 15) is 4.79 Å². The van der Waals surface area contributed by atoms with Gasteiger partial charge in [0.25, 0.3) is 0 Å². The molecule has 3 nitrogen and oxygen atoms in total. The number of rotatable bonds is 4. The highest BCUT2D eigenvalue weighted by Gasteiger charge is 2.01. The van der Waals surface area contributed by atoms with Crippen molar-refractivity contribution in [3.05, 3.63) is 29.8 Å². The Morgan fingerprint density at radius 2 is 1.62 bits per heavy atom. The molecule has 0 radical (unpaired) electrons. The predicted molar refractivity (Wildman–Crippen MR) is 96.2 cm³/mol. The molecule has 2 N–H and O–H groups in total. The quantitative estimate of drug-likeness (QED) is 0.755. The fraction of sp³-hybridized carbons (Fsp3) is 0.529. The second kappa shape index (κ2) is 13.6. The lowest BCUT2D eigenvalue weighted by atomic mass is 10.1. The molecule has 21 heavy (non-hydrogen) atoms. The highest BCUT2D eigenvalue weighted by atomic mass is 32.1. The molecule has 4 heteroatoms. The van der Waals surface area contributed by atoms with E-state index in [-0.39, 0.29) is 6.42 Å². The first-order valence-corrected chi connectivity index (χ1v) is 7.93. The molecule has 0 saturated carbocycles. The molecule has 0 spiro atoms. The van der Waals surface area contributed by atoms with E-state index in [1.54, 1.807) is 6.92 Å². The average Bonchev–Trinajstić information content (AvgIpc) is 2.50. The first kappa shape index (κ1) is 21.9. The van der Waals surface area contributed by atoms with Gasteiger partial charge in [-0.25, -0.2) is 0 Å². The van der Waals surface area contributed by atoms with Crippen LogP contribution in [0.2, 0.25) is 0 Å². The van der Waals surface area contributed by atoms with Crippen LogP contribution in [0.5, 0.6) is 0 Å². The highest BCUT2D eigenvalue weighted by Crippen LogP contribution is 2.11. The van der Waals surface area contributed by atoms with Gasteiger partial charge in [0.15, 0.2) is 0 Å². The zero-order chi connectivity index (χ0) is 16.8. The molecule has 0 aliphatic heterocycles. The highest BCUT2D eigenvalue weighted by molar-refractivity contribution is 7.80. The summed E-state index contributed by atoms with van der Waals surface area (Å²) in [5.41, 5.74) is 2.44. The molecule has 1 rings (SSSR count). The molecule has 0 saturated heterocycles. The van der Waals surface area contributed by atoms with Crippen LogP contribution in [0, 0.1) is 5.92 Å². The number of nitrogens with one attached hydrogen (secondary N) is 1. The zero-order valence-corrected chi connectivity index (χ0v) is 14.9. The third kappa shape index (κ3) is 12.1. The van der Waals surface area contributed by atoms with Crippen molar-refractivity contribution in [1.29, 1.82) is 0 Å². The number of anilines is 1. The molecule has 0 aliphatic rings. The largest absolute Gasteiger partial charge is 0.481 e. The summed E-state index contributed by atoms with van der Waals surface area (Å²) in [5, 5.41) is 10.9. The van der Waals surface area contributed by atoms with Crippen molar-refractivity contribution in [3.8, 4) is 0 Å². The summed E-state index contributed by atoms with van der Waals surface area (Å²) in [4.78, 5) is 10.3. The summed E-state index contributed by atoms with van der Waals surface area (Å²) < 4.78 is 0. The fourth-order valence-corrected chi connectivity index (χ4v) is 1.23. The number of hydrogen-bond acceptors (Lipinski definition) is 2. The van der Waals surface area contributed by atoms with Gasteiger partial charge in [0.2, 0.25) is 0 Å². The van der Waals surface area contributed by atoms with Gasteiger partial charge in [-0.05, 0) is 24.1 Å². The van der Waals surface area contributed by atoms with Crippen LogP contribution < -0.4 is 5.32 Å². The van der Waals surface area contributed by atoms with Crippen LogP contribution in [0.3, 0.4) is 0 Å². The summed E-state index contributed by atoms with van der Waals surface area (Å²) in [6, 6.07) is 8.41. The maximum Gasteiger partial charge on any atom is 0.303 e. The second-order valence-electron chi connectivity index (χ2n) is 4.44. The minimum Gasteiger partial charge on any atom is -0.481 e. The smallest absolute Gasteiger partial charge is 0.303 e. The molecule has 0 aliphatic carbocycles. The van der Waals surface area contributed by atoms with Gasteiger partial charge in [0, 0.05) is 18.0 Å². The SMILES string of the molecule is CC.CCC(=O)O.CCc1ccc(NC(=S)C(C)C)cc1. The summed E-state index contributed by atoms with van der Waals surface area (Å²) in [6.45, 7) is 11.9. The lowest BCUT2D eigenvalue weighted by molar-refractivity contribution is -0.136. The van der Waals surface area contributed by atoms with Gasteiger partial charge in [-0.3, -0.25) is 4.79 Å². The standard InChI is InChI=1S/C12H17NS.C3H6O2.C2H6/c1-4-10-5-7-11(8-6-10)13-12(14)9(2)3;1-2-3(4)5;1-2/h5-9H,4H2,1-3H3,(H,13,14);2H2,1H3,(H,4,5);1-2H3. The van der Waals surface area contributed by atoms with E-state index in [1.807, 2.05) is 13.8 Å². The molecule has 0 bridgehead atoms. The molecule has 1 aromatic rings. The lowest BCUT2D eigenvalue weighted by Crippen LogP contribution is -2.15. The maximum absolute atomic E-state index is 9.37. The minimum absolute atomic E-state index is 0.222. The first-order valence-electron chi connectivity index (χ1n) is 7.52. The van der Waals surface area contributed by atoms with Crippen LogP contribution in [0.15, 0.2) is 24.3 Å². The number of carboxylic acids is 1. The van der Waals surface area contributed by atoms with Gasteiger partial charge in [-0.2, -0.15) is 0 Å².